The van der Waals surface area contributed by atoms with E-state index in [0.29, 0.717) is 28.8 Å². The molecule has 2 N–H and O–H groups in total. The number of fused-ring (bicyclic) bond motifs is 1. The molecule has 36 heavy (non-hydrogen) atoms. The standard InChI is InChI=1S/C26H30F2N8/c1-15(2)36-16(3)31-25-20(27)11-17(12-22(25)36)24-21(28)14-30-26(34-24)33-23-6-5-19(13-29-23)32-18-7-9-35(4)10-8-18/h5-6,11-15,18,32H,7-10H2,1-4H3,(H,29,30,33,34). The number of nitrogens with zero attached hydrogens (tertiary/aromatic N) is 6. The van der Waals surface area contributed by atoms with Gasteiger partial charge in [-0.15, -0.1) is 0 Å². The van der Waals surface area contributed by atoms with Gasteiger partial charge in [0.2, 0.25) is 5.95 Å². The van der Waals surface area contributed by atoms with Gasteiger partial charge >= 0.3 is 0 Å². The van der Waals surface area contributed by atoms with Gasteiger partial charge in [-0.2, -0.15) is 0 Å². The van der Waals surface area contributed by atoms with Crippen molar-refractivity contribution in [2.45, 2.75) is 45.7 Å². The maximum atomic E-state index is 14.9. The van der Waals surface area contributed by atoms with Crippen molar-refractivity contribution < 1.29 is 8.78 Å². The van der Waals surface area contributed by atoms with E-state index in [4.69, 9.17) is 0 Å². The highest BCUT2D eigenvalue weighted by Crippen LogP contribution is 2.30. The fraction of sp³-hybridized carbons (Fsp3) is 0.385. The fourth-order valence-electron chi connectivity index (χ4n) is 4.74. The average molecular weight is 493 g/mol. The molecule has 0 spiro atoms. The predicted octanol–water partition coefficient (Wildman–Crippen LogP) is 5.31. The van der Waals surface area contributed by atoms with E-state index in [2.05, 4.69) is 42.5 Å². The van der Waals surface area contributed by atoms with E-state index in [9.17, 15) is 8.78 Å². The highest BCUT2D eigenvalue weighted by Gasteiger charge is 2.19. The normalized spacial score (nSPS) is 15.1. The van der Waals surface area contributed by atoms with Crippen LogP contribution in [-0.2, 0) is 0 Å². The topological polar surface area (TPSA) is 83.8 Å². The summed E-state index contributed by atoms with van der Waals surface area (Å²) >= 11 is 0. The molecule has 0 bridgehead atoms. The van der Waals surface area contributed by atoms with Gasteiger partial charge in [0, 0.05) is 17.6 Å². The third-order valence-electron chi connectivity index (χ3n) is 6.55. The molecule has 0 aliphatic carbocycles. The number of aromatic nitrogens is 5. The Hall–Kier alpha value is -3.66. The summed E-state index contributed by atoms with van der Waals surface area (Å²) in [5.74, 6) is 0.228. The Labute approximate surface area is 208 Å². The number of halogens is 2. The van der Waals surface area contributed by atoms with Gasteiger partial charge in [0.05, 0.1) is 23.6 Å². The van der Waals surface area contributed by atoms with Crippen LogP contribution in [0.3, 0.4) is 0 Å². The molecule has 4 aromatic rings. The second-order valence-electron chi connectivity index (χ2n) is 9.62. The van der Waals surface area contributed by atoms with Crippen LogP contribution in [0.25, 0.3) is 22.3 Å². The zero-order valence-corrected chi connectivity index (χ0v) is 20.9. The highest BCUT2D eigenvalue weighted by atomic mass is 19.1. The van der Waals surface area contributed by atoms with Crippen molar-refractivity contribution in [2.75, 3.05) is 30.8 Å². The Morgan fingerprint density at radius 2 is 1.78 bits per heavy atom. The molecule has 1 fully saturated rings. The van der Waals surface area contributed by atoms with Crippen molar-refractivity contribution in [1.82, 2.24) is 29.4 Å². The number of likely N-dealkylation sites (tertiary alicyclic amines) is 1. The van der Waals surface area contributed by atoms with E-state index in [0.717, 1.165) is 37.8 Å². The molecule has 5 rings (SSSR count). The Bertz CT molecular complexity index is 1380. The third-order valence-corrected chi connectivity index (χ3v) is 6.55. The summed E-state index contributed by atoms with van der Waals surface area (Å²) in [5.41, 5.74) is 2.12. The summed E-state index contributed by atoms with van der Waals surface area (Å²) in [7, 11) is 2.14. The van der Waals surface area contributed by atoms with Crippen molar-refractivity contribution in [1.29, 1.82) is 0 Å². The molecule has 188 valence electrons. The summed E-state index contributed by atoms with van der Waals surface area (Å²) in [5, 5.41) is 6.54. The van der Waals surface area contributed by atoms with Crippen LogP contribution in [0.2, 0.25) is 0 Å². The summed E-state index contributed by atoms with van der Waals surface area (Å²) < 4.78 is 31.6. The molecule has 1 saturated heterocycles. The summed E-state index contributed by atoms with van der Waals surface area (Å²) in [4.78, 5) is 19.5. The van der Waals surface area contributed by atoms with Gasteiger partial charge in [-0.05, 0) is 78.0 Å². The van der Waals surface area contributed by atoms with Crippen LogP contribution in [0.15, 0.2) is 36.7 Å². The first-order valence-electron chi connectivity index (χ1n) is 12.2. The zero-order chi connectivity index (χ0) is 25.4. The molecule has 8 nitrogen and oxygen atoms in total. The number of piperidine rings is 1. The molecule has 10 heteroatoms. The van der Waals surface area contributed by atoms with Crippen molar-refractivity contribution >= 4 is 28.5 Å². The van der Waals surface area contributed by atoms with Crippen LogP contribution in [0, 0.1) is 18.6 Å². The van der Waals surface area contributed by atoms with Gasteiger partial charge in [0.1, 0.15) is 22.9 Å². The maximum absolute atomic E-state index is 14.9. The summed E-state index contributed by atoms with van der Waals surface area (Å²) in [6, 6.07) is 7.24. The molecular formula is C26H30F2N8. The van der Waals surface area contributed by atoms with Crippen molar-refractivity contribution in [3.63, 3.8) is 0 Å². The first-order valence-corrected chi connectivity index (χ1v) is 12.2. The lowest BCUT2D eigenvalue weighted by atomic mass is 10.1. The first-order chi connectivity index (χ1) is 17.3. The average Bonchev–Trinajstić information content (AvgIpc) is 3.19. The lowest BCUT2D eigenvalue weighted by Crippen LogP contribution is -2.36. The van der Waals surface area contributed by atoms with E-state index >= 15 is 0 Å². The lowest BCUT2D eigenvalue weighted by molar-refractivity contribution is 0.264. The summed E-state index contributed by atoms with van der Waals surface area (Å²) in [6.45, 7) is 7.96. The molecule has 1 aromatic carbocycles. The number of benzene rings is 1. The number of pyridine rings is 1. The molecular weight excluding hydrogens is 462 g/mol. The van der Waals surface area contributed by atoms with E-state index in [1.165, 1.54) is 6.07 Å². The lowest BCUT2D eigenvalue weighted by Gasteiger charge is -2.30. The number of imidazole rings is 1. The second kappa shape index (κ2) is 9.77. The Kier molecular flexibility index (Phi) is 6.53. The number of anilines is 3. The Morgan fingerprint density at radius 1 is 1.00 bits per heavy atom. The minimum Gasteiger partial charge on any atom is -0.381 e. The number of hydrogen-bond donors (Lipinski definition) is 2. The second-order valence-corrected chi connectivity index (χ2v) is 9.62. The van der Waals surface area contributed by atoms with Crippen LogP contribution in [0.5, 0.6) is 0 Å². The molecule has 4 heterocycles. The van der Waals surface area contributed by atoms with Gasteiger partial charge in [0.15, 0.2) is 11.6 Å². The number of rotatable bonds is 6. The van der Waals surface area contributed by atoms with Gasteiger partial charge in [-0.3, -0.25) is 0 Å². The number of nitrogens with one attached hydrogen (secondary N) is 2. The first kappa shape index (κ1) is 24.1. The van der Waals surface area contributed by atoms with Gasteiger partial charge < -0.3 is 20.1 Å². The van der Waals surface area contributed by atoms with Crippen LogP contribution in [0.1, 0.15) is 38.6 Å². The Balaban J connectivity index is 1.38. The van der Waals surface area contributed by atoms with Gasteiger partial charge in [-0.1, -0.05) is 0 Å². The fourth-order valence-corrected chi connectivity index (χ4v) is 4.74. The molecule has 3 aromatic heterocycles. The highest BCUT2D eigenvalue weighted by molar-refractivity contribution is 5.83. The monoisotopic (exact) mass is 492 g/mol. The van der Waals surface area contributed by atoms with Crippen molar-refractivity contribution in [3.8, 4) is 11.3 Å². The van der Waals surface area contributed by atoms with Crippen molar-refractivity contribution in [2.24, 2.45) is 0 Å². The minimum atomic E-state index is -0.641. The molecule has 0 unspecified atom stereocenters. The van der Waals surface area contributed by atoms with E-state index in [1.807, 2.05) is 37.5 Å². The van der Waals surface area contributed by atoms with E-state index < -0.39 is 11.6 Å². The minimum absolute atomic E-state index is 0.00279. The molecule has 0 radical (unpaired) electrons. The molecule has 0 saturated carbocycles. The molecule has 1 aliphatic rings. The van der Waals surface area contributed by atoms with Gasteiger partial charge in [-0.25, -0.2) is 28.7 Å². The third kappa shape index (κ3) is 4.86. The Morgan fingerprint density at radius 3 is 2.47 bits per heavy atom. The van der Waals surface area contributed by atoms with Crippen molar-refractivity contribution in [3.05, 3.63) is 54.1 Å². The molecule has 0 amide bonds. The van der Waals surface area contributed by atoms with Crippen LogP contribution < -0.4 is 10.6 Å². The zero-order valence-electron chi connectivity index (χ0n) is 20.9. The number of aryl methyl sites for hydroxylation is 1. The van der Waals surface area contributed by atoms with E-state index in [1.54, 1.807) is 12.3 Å². The smallest absolute Gasteiger partial charge is 0.229 e. The van der Waals surface area contributed by atoms with Crippen LogP contribution in [0.4, 0.5) is 26.2 Å². The quantitative estimate of drug-likeness (QED) is 0.378. The molecule has 0 atom stereocenters. The number of hydrogen-bond acceptors (Lipinski definition) is 7. The van der Waals surface area contributed by atoms with Crippen LogP contribution >= 0.6 is 0 Å². The van der Waals surface area contributed by atoms with Gasteiger partial charge in [0.25, 0.3) is 0 Å². The largest absolute Gasteiger partial charge is 0.381 e. The maximum Gasteiger partial charge on any atom is 0.229 e. The predicted molar refractivity (Wildman–Crippen MR) is 137 cm³/mol. The van der Waals surface area contributed by atoms with E-state index in [-0.39, 0.29) is 23.2 Å². The van der Waals surface area contributed by atoms with Crippen LogP contribution in [-0.4, -0.2) is 55.6 Å². The SMILES string of the molecule is Cc1nc2c(F)cc(-c3nc(Nc4ccc(NC5CCN(C)CC5)cn4)ncc3F)cc2n1C(C)C. The summed E-state index contributed by atoms with van der Waals surface area (Å²) in [6.07, 6.45) is 5.01. The molecule has 1 aliphatic heterocycles.